The zero-order valence-electron chi connectivity index (χ0n) is 14.6. The van der Waals surface area contributed by atoms with Gasteiger partial charge in [0.25, 0.3) is 11.6 Å². The van der Waals surface area contributed by atoms with Crippen molar-refractivity contribution in [2.45, 2.75) is 13.5 Å². The number of hydrogen-bond acceptors (Lipinski definition) is 8. The Morgan fingerprint density at radius 3 is 2.61 bits per heavy atom. The number of esters is 1. The fourth-order valence-corrected chi connectivity index (χ4v) is 2.29. The highest BCUT2D eigenvalue weighted by Crippen LogP contribution is 2.21. The van der Waals surface area contributed by atoms with Crippen molar-refractivity contribution in [3.8, 4) is 11.5 Å². The molecule has 0 atom stereocenters. The highest BCUT2D eigenvalue weighted by Gasteiger charge is 2.14. The molecule has 0 saturated heterocycles. The normalized spacial score (nSPS) is 10.3. The van der Waals surface area contributed by atoms with Crippen molar-refractivity contribution in [1.29, 1.82) is 0 Å². The predicted octanol–water partition coefficient (Wildman–Crippen LogP) is 2.96. The van der Waals surface area contributed by atoms with Crippen LogP contribution >= 0.6 is 0 Å². The van der Waals surface area contributed by atoms with Crippen molar-refractivity contribution in [3.63, 3.8) is 0 Å². The van der Waals surface area contributed by atoms with Gasteiger partial charge in [-0.05, 0) is 30.3 Å². The first kappa shape index (κ1) is 18.7. The van der Waals surface area contributed by atoms with E-state index in [1.807, 2.05) is 0 Å². The lowest BCUT2D eigenvalue weighted by Crippen LogP contribution is -2.09. The van der Waals surface area contributed by atoms with Crippen LogP contribution in [0.1, 0.15) is 23.2 Å². The Morgan fingerprint density at radius 2 is 1.93 bits per heavy atom. The standard InChI is InChI=1S/C18H14N4O6/c1-11(23)19-14-4-2-3-13(9-14)18(24)27-10-16-20-21-17(28-16)12-5-7-15(8-6-12)22(25)26/h2-9H,10H2,1H3,(H,19,23). The summed E-state index contributed by atoms with van der Waals surface area (Å²) in [5.74, 6) is -0.661. The zero-order valence-corrected chi connectivity index (χ0v) is 14.6. The molecule has 142 valence electrons. The van der Waals surface area contributed by atoms with Crippen LogP contribution in [0.3, 0.4) is 0 Å². The molecule has 28 heavy (non-hydrogen) atoms. The van der Waals surface area contributed by atoms with Gasteiger partial charge in [-0.2, -0.15) is 0 Å². The molecule has 0 saturated carbocycles. The number of non-ortho nitro benzene ring substituents is 1. The maximum atomic E-state index is 12.1. The first-order valence-corrected chi connectivity index (χ1v) is 8.04. The second kappa shape index (κ2) is 8.08. The molecular weight excluding hydrogens is 368 g/mol. The highest BCUT2D eigenvalue weighted by molar-refractivity contribution is 5.93. The topological polar surface area (TPSA) is 137 Å². The molecule has 1 heterocycles. The summed E-state index contributed by atoms with van der Waals surface area (Å²) in [6.45, 7) is 1.12. The van der Waals surface area contributed by atoms with E-state index in [0.717, 1.165) is 0 Å². The molecule has 10 nitrogen and oxygen atoms in total. The van der Waals surface area contributed by atoms with Crippen LogP contribution in [0.2, 0.25) is 0 Å². The molecule has 0 aliphatic rings. The first-order chi connectivity index (χ1) is 13.4. The van der Waals surface area contributed by atoms with Crippen LogP contribution in [0.4, 0.5) is 11.4 Å². The molecule has 1 N–H and O–H groups in total. The van der Waals surface area contributed by atoms with E-state index in [2.05, 4.69) is 15.5 Å². The summed E-state index contributed by atoms with van der Waals surface area (Å²) >= 11 is 0. The molecule has 0 aliphatic heterocycles. The van der Waals surface area contributed by atoms with Crippen molar-refractivity contribution < 1.29 is 23.7 Å². The molecule has 0 fully saturated rings. The number of carbonyl (C=O) groups excluding carboxylic acids is 2. The molecule has 1 aromatic heterocycles. The monoisotopic (exact) mass is 382 g/mol. The largest absolute Gasteiger partial charge is 0.452 e. The van der Waals surface area contributed by atoms with Crippen LogP contribution < -0.4 is 5.32 Å². The third-order valence-corrected chi connectivity index (χ3v) is 3.54. The van der Waals surface area contributed by atoms with Gasteiger partial charge >= 0.3 is 5.97 Å². The molecule has 0 unspecified atom stereocenters. The summed E-state index contributed by atoms with van der Waals surface area (Å²) in [6.07, 6.45) is 0. The highest BCUT2D eigenvalue weighted by atomic mass is 16.6. The summed E-state index contributed by atoms with van der Waals surface area (Å²) in [6, 6.07) is 11.9. The van der Waals surface area contributed by atoms with Crippen LogP contribution in [0.5, 0.6) is 0 Å². The number of carbonyl (C=O) groups is 2. The Hall–Kier alpha value is -4.08. The Kier molecular flexibility index (Phi) is 5.40. The summed E-state index contributed by atoms with van der Waals surface area (Å²) in [5, 5.41) is 20.9. The van der Waals surface area contributed by atoms with Crippen LogP contribution in [0, 0.1) is 10.1 Å². The molecule has 0 aliphatic carbocycles. The second-order valence-electron chi connectivity index (χ2n) is 5.64. The minimum atomic E-state index is -0.623. The van der Waals surface area contributed by atoms with Gasteiger partial charge in [0, 0.05) is 30.3 Å². The van der Waals surface area contributed by atoms with E-state index >= 15 is 0 Å². The molecule has 3 aromatic rings. The molecular formula is C18H14N4O6. The van der Waals surface area contributed by atoms with E-state index in [9.17, 15) is 19.7 Å². The average molecular weight is 382 g/mol. The average Bonchev–Trinajstić information content (AvgIpc) is 3.15. The van der Waals surface area contributed by atoms with Gasteiger partial charge in [0.05, 0.1) is 10.5 Å². The van der Waals surface area contributed by atoms with Gasteiger partial charge < -0.3 is 14.5 Å². The summed E-state index contributed by atoms with van der Waals surface area (Å²) < 4.78 is 10.5. The SMILES string of the molecule is CC(=O)Nc1cccc(C(=O)OCc2nnc(-c3ccc([N+](=O)[O-])cc3)o2)c1. The minimum Gasteiger partial charge on any atom is -0.452 e. The number of aromatic nitrogens is 2. The number of nitrogens with zero attached hydrogens (tertiary/aromatic N) is 3. The van der Waals surface area contributed by atoms with Crippen LogP contribution in [0.25, 0.3) is 11.5 Å². The third-order valence-electron chi connectivity index (χ3n) is 3.54. The van der Waals surface area contributed by atoms with Crippen molar-refractivity contribution in [3.05, 3.63) is 70.1 Å². The van der Waals surface area contributed by atoms with Crippen molar-refractivity contribution in [2.24, 2.45) is 0 Å². The van der Waals surface area contributed by atoms with Crippen molar-refractivity contribution >= 4 is 23.3 Å². The van der Waals surface area contributed by atoms with Crippen LogP contribution in [-0.4, -0.2) is 27.0 Å². The van der Waals surface area contributed by atoms with Gasteiger partial charge in [-0.25, -0.2) is 4.79 Å². The fraction of sp³-hybridized carbons (Fsp3) is 0.111. The lowest BCUT2D eigenvalue weighted by molar-refractivity contribution is -0.384. The number of nitrogens with one attached hydrogen (secondary N) is 1. The van der Waals surface area contributed by atoms with E-state index in [0.29, 0.717) is 11.3 Å². The molecule has 0 spiro atoms. The number of hydrogen-bond donors (Lipinski definition) is 1. The Morgan fingerprint density at radius 1 is 1.18 bits per heavy atom. The number of ether oxygens (including phenoxy) is 1. The maximum absolute atomic E-state index is 12.1. The van der Waals surface area contributed by atoms with E-state index in [4.69, 9.17) is 9.15 Å². The minimum absolute atomic E-state index is 0.0566. The van der Waals surface area contributed by atoms with Gasteiger partial charge in [-0.15, -0.1) is 10.2 Å². The van der Waals surface area contributed by atoms with Crippen molar-refractivity contribution in [2.75, 3.05) is 5.32 Å². The second-order valence-corrected chi connectivity index (χ2v) is 5.64. The lowest BCUT2D eigenvalue weighted by atomic mass is 10.2. The van der Waals surface area contributed by atoms with Crippen molar-refractivity contribution in [1.82, 2.24) is 10.2 Å². The fourth-order valence-electron chi connectivity index (χ4n) is 2.29. The molecule has 3 rings (SSSR count). The molecule has 10 heteroatoms. The Bertz CT molecular complexity index is 1030. The lowest BCUT2D eigenvalue weighted by Gasteiger charge is -2.05. The van der Waals surface area contributed by atoms with Gasteiger partial charge in [-0.3, -0.25) is 14.9 Å². The first-order valence-electron chi connectivity index (χ1n) is 8.04. The number of nitro groups is 1. The van der Waals surface area contributed by atoms with E-state index in [1.165, 1.54) is 37.3 Å². The number of rotatable bonds is 6. The smallest absolute Gasteiger partial charge is 0.338 e. The molecule has 1 amide bonds. The van der Waals surface area contributed by atoms with Gasteiger partial charge in [-0.1, -0.05) is 6.07 Å². The van der Waals surface area contributed by atoms with E-state index in [-0.39, 0.29) is 35.5 Å². The summed E-state index contributed by atoms with van der Waals surface area (Å²) in [7, 11) is 0. The number of anilines is 1. The molecule has 0 radical (unpaired) electrons. The van der Waals surface area contributed by atoms with Crippen LogP contribution in [0.15, 0.2) is 52.9 Å². The Labute approximate surface area is 158 Å². The van der Waals surface area contributed by atoms with E-state index < -0.39 is 10.9 Å². The molecule has 0 bridgehead atoms. The third kappa shape index (κ3) is 4.55. The number of benzene rings is 2. The Balaban J connectivity index is 1.63. The zero-order chi connectivity index (χ0) is 20.1. The predicted molar refractivity (Wildman–Crippen MR) is 96.3 cm³/mol. The van der Waals surface area contributed by atoms with Gasteiger partial charge in [0.15, 0.2) is 6.61 Å². The quantitative estimate of drug-likeness (QED) is 0.390. The van der Waals surface area contributed by atoms with E-state index in [1.54, 1.807) is 18.2 Å². The summed E-state index contributed by atoms with van der Waals surface area (Å²) in [5.41, 5.74) is 1.17. The van der Waals surface area contributed by atoms with Gasteiger partial charge in [0.2, 0.25) is 11.8 Å². The summed E-state index contributed by atoms with van der Waals surface area (Å²) in [4.78, 5) is 33.4. The maximum Gasteiger partial charge on any atom is 0.338 e. The number of amides is 1. The van der Waals surface area contributed by atoms with Gasteiger partial charge in [0.1, 0.15) is 0 Å². The number of nitro benzene ring substituents is 1. The van der Waals surface area contributed by atoms with Crippen LogP contribution in [-0.2, 0) is 16.1 Å². The molecule has 2 aromatic carbocycles.